The molecular formula is C21H13ClN2O3. The predicted octanol–water partition coefficient (Wildman–Crippen LogP) is 4.76. The molecule has 0 heterocycles. The van der Waals surface area contributed by atoms with E-state index in [2.05, 4.69) is 10.6 Å². The third kappa shape index (κ3) is 3.09. The van der Waals surface area contributed by atoms with Crippen LogP contribution in [0.4, 0.5) is 16.2 Å². The van der Waals surface area contributed by atoms with E-state index < -0.39 is 6.03 Å². The molecule has 0 aliphatic heterocycles. The Morgan fingerprint density at radius 3 is 2.15 bits per heavy atom. The molecule has 1 aliphatic rings. The minimum Gasteiger partial charge on any atom is -0.308 e. The van der Waals surface area contributed by atoms with E-state index in [4.69, 9.17) is 11.6 Å². The summed E-state index contributed by atoms with van der Waals surface area (Å²) in [7, 11) is 0. The number of halogens is 1. The standard InChI is InChI=1S/C21H13ClN2O3/c22-12-5-3-6-13(11-12)23-21(27)24-17-10-4-9-16-18(17)20(26)15-8-2-1-7-14(15)19(16)25/h1-11H,(H2,23,24,27). The minimum atomic E-state index is -0.537. The van der Waals surface area contributed by atoms with E-state index in [1.807, 2.05) is 0 Å². The molecule has 0 fully saturated rings. The second kappa shape index (κ2) is 6.70. The van der Waals surface area contributed by atoms with Gasteiger partial charge in [0.15, 0.2) is 11.6 Å². The van der Waals surface area contributed by atoms with E-state index in [9.17, 15) is 14.4 Å². The van der Waals surface area contributed by atoms with Gasteiger partial charge in [0, 0.05) is 27.4 Å². The quantitative estimate of drug-likeness (QED) is 0.529. The van der Waals surface area contributed by atoms with Crippen molar-refractivity contribution in [1.29, 1.82) is 0 Å². The van der Waals surface area contributed by atoms with Gasteiger partial charge in [0.05, 0.1) is 11.3 Å². The molecule has 3 aromatic rings. The first-order chi connectivity index (χ1) is 13.0. The SMILES string of the molecule is O=C(Nc1cccc(Cl)c1)Nc1cccc2c1C(=O)c1ccccc1C2=O. The zero-order valence-electron chi connectivity index (χ0n) is 14.0. The fourth-order valence-corrected chi connectivity index (χ4v) is 3.29. The Balaban J connectivity index is 1.67. The molecule has 0 atom stereocenters. The maximum absolute atomic E-state index is 12.9. The highest BCUT2D eigenvalue weighted by Crippen LogP contribution is 2.32. The zero-order chi connectivity index (χ0) is 19.0. The van der Waals surface area contributed by atoms with Crippen LogP contribution in [0.2, 0.25) is 5.02 Å². The van der Waals surface area contributed by atoms with Crippen molar-refractivity contribution < 1.29 is 14.4 Å². The van der Waals surface area contributed by atoms with Gasteiger partial charge in [0.25, 0.3) is 0 Å². The maximum Gasteiger partial charge on any atom is 0.323 e. The Kier molecular flexibility index (Phi) is 4.22. The van der Waals surface area contributed by atoms with Gasteiger partial charge >= 0.3 is 6.03 Å². The van der Waals surface area contributed by atoms with Crippen LogP contribution in [0.1, 0.15) is 31.8 Å². The zero-order valence-corrected chi connectivity index (χ0v) is 14.7. The fourth-order valence-electron chi connectivity index (χ4n) is 3.10. The van der Waals surface area contributed by atoms with Crippen molar-refractivity contribution >= 4 is 40.6 Å². The van der Waals surface area contributed by atoms with Crippen LogP contribution in [0, 0.1) is 0 Å². The number of fused-ring (bicyclic) bond motifs is 2. The number of ketones is 2. The molecule has 0 aromatic heterocycles. The summed E-state index contributed by atoms with van der Waals surface area (Å²) in [6, 6.07) is 17.6. The molecule has 5 nitrogen and oxygen atoms in total. The van der Waals surface area contributed by atoms with E-state index in [-0.39, 0.29) is 28.4 Å². The lowest BCUT2D eigenvalue weighted by Crippen LogP contribution is -2.25. The number of anilines is 2. The Morgan fingerprint density at radius 1 is 0.741 bits per heavy atom. The average Bonchev–Trinajstić information content (AvgIpc) is 2.66. The number of amides is 2. The van der Waals surface area contributed by atoms with Crippen molar-refractivity contribution in [3.8, 4) is 0 Å². The summed E-state index contributed by atoms with van der Waals surface area (Å²) in [5.41, 5.74) is 1.97. The first-order valence-corrected chi connectivity index (χ1v) is 8.57. The van der Waals surface area contributed by atoms with E-state index in [1.54, 1.807) is 66.7 Å². The summed E-state index contributed by atoms with van der Waals surface area (Å²) in [5.74, 6) is -0.530. The molecule has 0 radical (unpaired) electrons. The molecule has 132 valence electrons. The van der Waals surface area contributed by atoms with Crippen molar-refractivity contribution in [2.75, 3.05) is 10.6 Å². The molecule has 2 amide bonds. The van der Waals surface area contributed by atoms with Crippen LogP contribution < -0.4 is 10.6 Å². The van der Waals surface area contributed by atoms with Gasteiger partial charge in [0.1, 0.15) is 0 Å². The topological polar surface area (TPSA) is 75.3 Å². The molecular weight excluding hydrogens is 364 g/mol. The van der Waals surface area contributed by atoms with Gasteiger partial charge in [-0.05, 0) is 24.3 Å². The minimum absolute atomic E-state index is 0.197. The molecule has 0 saturated carbocycles. The normalized spacial score (nSPS) is 12.2. The van der Waals surface area contributed by atoms with Crippen LogP contribution in [0.3, 0.4) is 0 Å². The van der Waals surface area contributed by atoms with Crippen molar-refractivity contribution in [1.82, 2.24) is 0 Å². The summed E-state index contributed by atoms with van der Waals surface area (Å²) in [6.07, 6.45) is 0. The Morgan fingerprint density at radius 2 is 1.41 bits per heavy atom. The molecule has 0 unspecified atom stereocenters. The molecule has 27 heavy (non-hydrogen) atoms. The first kappa shape index (κ1) is 17.0. The number of carbonyl (C=O) groups is 3. The van der Waals surface area contributed by atoms with E-state index in [0.29, 0.717) is 21.8 Å². The van der Waals surface area contributed by atoms with Crippen LogP contribution in [0.25, 0.3) is 0 Å². The van der Waals surface area contributed by atoms with Crippen molar-refractivity contribution in [3.63, 3.8) is 0 Å². The van der Waals surface area contributed by atoms with Gasteiger partial charge in [-0.3, -0.25) is 9.59 Å². The number of hydrogen-bond donors (Lipinski definition) is 2. The highest BCUT2D eigenvalue weighted by Gasteiger charge is 2.31. The first-order valence-electron chi connectivity index (χ1n) is 8.19. The highest BCUT2D eigenvalue weighted by atomic mass is 35.5. The Hall–Kier alpha value is -3.44. The summed E-state index contributed by atoms with van der Waals surface area (Å²) >= 11 is 5.91. The lowest BCUT2D eigenvalue weighted by Gasteiger charge is -2.20. The number of benzene rings is 3. The Labute approximate surface area is 160 Å². The van der Waals surface area contributed by atoms with Crippen LogP contribution in [0.15, 0.2) is 66.7 Å². The number of urea groups is 1. The Bertz CT molecular complexity index is 1110. The molecule has 3 aromatic carbocycles. The third-order valence-corrected chi connectivity index (χ3v) is 4.52. The monoisotopic (exact) mass is 376 g/mol. The van der Waals surface area contributed by atoms with Crippen molar-refractivity contribution in [2.24, 2.45) is 0 Å². The van der Waals surface area contributed by atoms with Gasteiger partial charge < -0.3 is 10.6 Å². The van der Waals surface area contributed by atoms with Gasteiger partial charge in [-0.1, -0.05) is 54.1 Å². The van der Waals surface area contributed by atoms with Crippen molar-refractivity contribution in [3.05, 3.63) is 94.0 Å². The number of rotatable bonds is 2. The molecule has 0 spiro atoms. The second-order valence-electron chi connectivity index (χ2n) is 6.02. The number of nitrogens with one attached hydrogen (secondary N) is 2. The van der Waals surface area contributed by atoms with Crippen molar-refractivity contribution in [2.45, 2.75) is 0 Å². The summed E-state index contributed by atoms with van der Waals surface area (Å²) in [4.78, 5) is 38.0. The van der Waals surface area contributed by atoms with Gasteiger partial charge in [-0.2, -0.15) is 0 Å². The smallest absolute Gasteiger partial charge is 0.308 e. The fraction of sp³-hybridized carbons (Fsp3) is 0. The number of carbonyl (C=O) groups excluding carboxylic acids is 3. The van der Waals surface area contributed by atoms with Gasteiger partial charge in [0.2, 0.25) is 0 Å². The van der Waals surface area contributed by atoms with Gasteiger partial charge in [-0.15, -0.1) is 0 Å². The van der Waals surface area contributed by atoms with Gasteiger partial charge in [-0.25, -0.2) is 4.79 Å². The molecule has 0 bridgehead atoms. The lowest BCUT2D eigenvalue weighted by molar-refractivity contribution is 0.0979. The lowest BCUT2D eigenvalue weighted by atomic mass is 9.83. The summed E-state index contributed by atoms with van der Waals surface area (Å²) < 4.78 is 0. The molecule has 6 heteroatoms. The molecule has 0 saturated heterocycles. The average molecular weight is 377 g/mol. The molecule has 2 N–H and O–H groups in total. The van der Waals surface area contributed by atoms with Crippen LogP contribution in [-0.4, -0.2) is 17.6 Å². The summed E-state index contributed by atoms with van der Waals surface area (Å²) in [6.45, 7) is 0. The van der Waals surface area contributed by atoms with E-state index in [1.165, 1.54) is 0 Å². The molecule has 1 aliphatic carbocycles. The molecule has 4 rings (SSSR count). The van der Waals surface area contributed by atoms with E-state index in [0.717, 1.165) is 0 Å². The highest BCUT2D eigenvalue weighted by molar-refractivity contribution is 6.31. The van der Waals surface area contributed by atoms with E-state index >= 15 is 0 Å². The largest absolute Gasteiger partial charge is 0.323 e. The third-order valence-electron chi connectivity index (χ3n) is 4.28. The van der Waals surface area contributed by atoms with Crippen LogP contribution in [0.5, 0.6) is 0 Å². The summed E-state index contributed by atoms with van der Waals surface area (Å²) in [5, 5.41) is 5.79. The van der Waals surface area contributed by atoms with Crippen LogP contribution >= 0.6 is 11.6 Å². The predicted molar refractivity (Wildman–Crippen MR) is 104 cm³/mol. The second-order valence-corrected chi connectivity index (χ2v) is 6.46. The maximum atomic E-state index is 12.9. The van der Waals surface area contributed by atoms with Crippen LogP contribution in [-0.2, 0) is 0 Å². The number of hydrogen-bond acceptors (Lipinski definition) is 3.